The Bertz CT molecular complexity index is 2920. The molecular formula is C61H82N8O8S. The number of nitrogens with zero attached hydrogens (tertiary/aromatic N) is 6. The minimum Gasteiger partial charge on any atom is -0.464 e. The summed E-state index contributed by atoms with van der Waals surface area (Å²) in [4.78, 5) is 60.6. The molecule has 9 fully saturated rings. The fraction of sp³-hybridized carbons (Fsp3) is 0.689. The van der Waals surface area contributed by atoms with Crippen molar-refractivity contribution in [3.63, 3.8) is 0 Å². The molecule has 2 amide bonds. The Balaban J connectivity index is 0.948. The monoisotopic (exact) mass is 1090 g/mol. The van der Waals surface area contributed by atoms with Gasteiger partial charge in [-0.05, 0) is 164 Å². The zero-order valence-corrected chi connectivity index (χ0v) is 47.7. The normalized spacial score (nSPS) is 29.8. The van der Waals surface area contributed by atoms with Crippen LogP contribution in [0.2, 0.25) is 0 Å². The summed E-state index contributed by atoms with van der Waals surface area (Å²) in [5, 5.41) is 8.92. The minimum absolute atomic E-state index is 0.135. The molecular weight excluding hydrogens is 1000 g/mol. The van der Waals surface area contributed by atoms with E-state index < -0.39 is 40.7 Å². The predicted octanol–water partition coefficient (Wildman–Crippen LogP) is 8.66. The van der Waals surface area contributed by atoms with E-state index in [4.69, 9.17) is 33.7 Å². The fourth-order valence-electron chi connectivity index (χ4n) is 14.8. The summed E-state index contributed by atoms with van der Waals surface area (Å²) in [7, 11) is 1.76. The van der Waals surface area contributed by atoms with Gasteiger partial charge in [0.1, 0.15) is 22.7 Å². The summed E-state index contributed by atoms with van der Waals surface area (Å²) >= 11 is 1.55. The van der Waals surface area contributed by atoms with Crippen molar-refractivity contribution in [1.82, 2.24) is 40.1 Å². The SMILES string of the molecule is CO[C@@H](C)c1ncc(C2CCN(C3CC3)CC2)cc1-c1c2c3cc(ccc3n1CCOC1CCOCC1)-c1csc(n1)[C@@H](N1CC3(CCC3)C1)[C@H](NC(=O)C13CC(C1)C(C)(C)O3)C(=O)N1CCC[C@H](N1)C(=O)OCC(C)(C)C2. The van der Waals surface area contributed by atoms with E-state index in [2.05, 4.69) is 95.6 Å². The number of carbonyl (C=O) groups is 3. The number of pyridine rings is 1. The molecule has 14 rings (SSSR count). The van der Waals surface area contributed by atoms with Crippen LogP contribution in [0.15, 0.2) is 35.8 Å². The number of thiazole rings is 1. The molecule has 10 aliphatic rings. The molecule has 3 aromatic heterocycles. The molecule has 1 spiro atoms. The largest absolute Gasteiger partial charge is 0.464 e. The van der Waals surface area contributed by atoms with Gasteiger partial charge >= 0.3 is 5.97 Å². The van der Waals surface area contributed by atoms with Crippen molar-refractivity contribution in [1.29, 1.82) is 0 Å². The Morgan fingerprint density at radius 1 is 0.962 bits per heavy atom. The number of ether oxygens (including phenoxy) is 5. The lowest BCUT2D eigenvalue weighted by Crippen LogP contribution is -2.68. The number of methoxy groups -OCH3 is 1. The van der Waals surface area contributed by atoms with Gasteiger partial charge in [-0.3, -0.25) is 29.3 Å². The fourth-order valence-corrected chi connectivity index (χ4v) is 15.8. The molecule has 7 aliphatic heterocycles. The molecule has 3 saturated carbocycles. The van der Waals surface area contributed by atoms with Crippen molar-refractivity contribution in [3.05, 3.63) is 57.7 Å². The number of benzene rings is 1. The average molecular weight is 1090 g/mol. The van der Waals surface area contributed by atoms with E-state index in [1.165, 1.54) is 24.8 Å². The number of cyclic esters (lactones) is 1. The van der Waals surface area contributed by atoms with E-state index in [1.54, 1.807) is 23.5 Å². The lowest BCUT2D eigenvalue weighted by atomic mass is 9.63. The van der Waals surface area contributed by atoms with E-state index >= 15 is 4.79 Å². The molecule has 10 heterocycles. The Hall–Kier alpha value is -4.33. The number of piperidine rings is 1. The van der Waals surface area contributed by atoms with E-state index in [0.29, 0.717) is 70.9 Å². The van der Waals surface area contributed by atoms with Crippen LogP contribution in [0.3, 0.4) is 0 Å². The Morgan fingerprint density at radius 2 is 1.74 bits per heavy atom. The van der Waals surface area contributed by atoms with Crippen molar-refractivity contribution >= 4 is 40.0 Å². The van der Waals surface area contributed by atoms with Gasteiger partial charge in [0.2, 0.25) is 0 Å². The van der Waals surface area contributed by atoms with Crippen LogP contribution in [-0.4, -0.2) is 149 Å². The highest BCUT2D eigenvalue weighted by Crippen LogP contribution is 2.58. The van der Waals surface area contributed by atoms with Crippen LogP contribution in [0.1, 0.15) is 158 Å². The highest BCUT2D eigenvalue weighted by atomic mass is 32.1. The smallest absolute Gasteiger partial charge is 0.324 e. The Morgan fingerprint density at radius 3 is 2.45 bits per heavy atom. The second kappa shape index (κ2) is 20.6. The molecule has 16 nitrogen and oxygen atoms in total. The van der Waals surface area contributed by atoms with Crippen LogP contribution in [0.5, 0.6) is 0 Å². The number of fused-ring (bicyclic) bond motifs is 7. The van der Waals surface area contributed by atoms with Gasteiger partial charge in [-0.1, -0.05) is 26.3 Å². The number of esters is 1. The van der Waals surface area contributed by atoms with Crippen LogP contribution in [0.25, 0.3) is 33.4 Å². The number of hydrogen-bond donors (Lipinski definition) is 2. The quantitative estimate of drug-likeness (QED) is 0.130. The first kappa shape index (κ1) is 53.0. The van der Waals surface area contributed by atoms with Crippen LogP contribution in [-0.2, 0) is 51.0 Å². The summed E-state index contributed by atoms with van der Waals surface area (Å²) in [5.41, 5.74) is 9.93. The lowest BCUT2D eigenvalue weighted by Gasteiger charge is -2.59. The third kappa shape index (κ3) is 9.85. The minimum atomic E-state index is -0.998. The van der Waals surface area contributed by atoms with Gasteiger partial charge in [-0.15, -0.1) is 11.3 Å². The van der Waals surface area contributed by atoms with Crippen LogP contribution in [0, 0.1) is 16.7 Å². The summed E-state index contributed by atoms with van der Waals surface area (Å²) in [6.45, 7) is 17.5. The number of rotatable bonds is 12. The average Bonchev–Trinajstić information content (AvgIpc) is 3.86. The second-order valence-corrected chi connectivity index (χ2v) is 27.2. The summed E-state index contributed by atoms with van der Waals surface area (Å²) in [6.07, 6.45) is 15.0. The molecule has 4 atom stereocenters. The number of carbonyl (C=O) groups excluding carboxylic acids is 3. The van der Waals surface area contributed by atoms with Gasteiger partial charge in [0.15, 0.2) is 0 Å². The molecule has 420 valence electrons. The number of amides is 2. The number of hydrogen-bond acceptors (Lipinski definition) is 14. The van der Waals surface area contributed by atoms with Crippen molar-refractivity contribution in [2.45, 2.75) is 185 Å². The highest BCUT2D eigenvalue weighted by molar-refractivity contribution is 7.10. The van der Waals surface area contributed by atoms with Crippen LogP contribution in [0.4, 0.5) is 0 Å². The van der Waals surface area contributed by atoms with Crippen molar-refractivity contribution in [2.24, 2.45) is 16.7 Å². The standard InChI is InChI=1S/C61H82N8O8S/c1-37(73-6)50-45(28-40(32-62-50)38-14-21-66(22-15-38)42-11-12-42)52-46-31-58(2,3)36-76-56(71)47-9-7-20-69(65-47)55(70)51(64-57(72)61-29-41(30-61)59(4,5)77-61)53(67-34-60(35-67)18-8-19-60)54-63-48(33-78-54)39-10-13-49(44(46)27-39)68(52)23-26-75-43-16-24-74-25-17-43/h10,13,27-28,32-33,37-38,41-43,47,51,53,65H,7-9,11-12,14-26,29-31,34-36H2,1-6H3,(H,64,72)/t37-,41?,47-,51-,53-,61?/m0/s1. The molecule has 2 N–H and O–H groups in total. The van der Waals surface area contributed by atoms with Gasteiger partial charge in [0, 0.05) is 91.6 Å². The van der Waals surface area contributed by atoms with Gasteiger partial charge < -0.3 is 38.5 Å². The first-order valence-corrected chi connectivity index (χ1v) is 30.5. The predicted molar refractivity (Wildman–Crippen MR) is 298 cm³/mol. The topological polar surface area (TPSA) is 162 Å². The first-order valence-electron chi connectivity index (χ1n) is 29.7. The summed E-state index contributed by atoms with van der Waals surface area (Å²) in [6, 6.07) is 7.62. The third-order valence-corrected chi connectivity index (χ3v) is 20.7. The molecule has 4 aromatic rings. The van der Waals surface area contributed by atoms with Crippen LogP contribution < -0.4 is 10.7 Å². The number of hydrazine groups is 1. The Kier molecular flexibility index (Phi) is 14.0. The summed E-state index contributed by atoms with van der Waals surface area (Å²) in [5.74, 6) is -0.252. The highest BCUT2D eigenvalue weighted by Gasteiger charge is 2.66. The van der Waals surface area contributed by atoms with Gasteiger partial charge in [0.05, 0.1) is 54.1 Å². The van der Waals surface area contributed by atoms with Crippen LogP contribution >= 0.6 is 11.3 Å². The molecule has 0 unspecified atom stereocenters. The zero-order valence-electron chi connectivity index (χ0n) is 46.9. The maximum Gasteiger partial charge on any atom is 0.324 e. The van der Waals surface area contributed by atoms with Crippen molar-refractivity contribution in [2.75, 3.05) is 66.3 Å². The molecule has 17 heteroatoms. The number of likely N-dealkylation sites (tertiary alicyclic amines) is 2. The molecule has 78 heavy (non-hydrogen) atoms. The maximum atomic E-state index is 15.4. The van der Waals surface area contributed by atoms with Gasteiger partial charge in [-0.2, -0.15) is 0 Å². The third-order valence-electron chi connectivity index (χ3n) is 19.8. The molecule has 1 aromatic carbocycles. The summed E-state index contributed by atoms with van der Waals surface area (Å²) < 4.78 is 34.0. The van der Waals surface area contributed by atoms with Gasteiger partial charge in [0.25, 0.3) is 11.8 Å². The number of aromatic nitrogens is 3. The van der Waals surface area contributed by atoms with E-state index in [1.807, 2.05) is 0 Å². The lowest BCUT2D eigenvalue weighted by molar-refractivity contribution is -0.160. The van der Waals surface area contributed by atoms with Gasteiger partial charge in [-0.25, -0.2) is 10.4 Å². The molecule has 8 bridgehead atoms. The first-order chi connectivity index (χ1) is 37.6. The maximum absolute atomic E-state index is 15.4. The Labute approximate surface area is 463 Å². The molecule has 0 radical (unpaired) electrons. The zero-order chi connectivity index (χ0) is 53.7. The molecule has 6 saturated heterocycles. The van der Waals surface area contributed by atoms with E-state index in [0.717, 1.165) is 120 Å². The second-order valence-electron chi connectivity index (χ2n) is 26.3. The van der Waals surface area contributed by atoms with E-state index in [9.17, 15) is 9.59 Å². The number of nitrogens with one attached hydrogen (secondary N) is 2. The molecule has 3 aliphatic carbocycles. The van der Waals surface area contributed by atoms with E-state index in [-0.39, 0.29) is 42.0 Å². The van der Waals surface area contributed by atoms with Crippen molar-refractivity contribution in [3.8, 4) is 22.5 Å². The van der Waals surface area contributed by atoms with Crippen molar-refractivity contribution < 1.29 is 38.1 Å².